The number of hydrogen-bond acceptors (Lipinski definition) is 6. The third-order valence-electron chi connectivity index (χ3n) is 5.89. The van der Waals surface area contributed by atoms with Gasteiger partial charge in [-0.1, -0.05) is 20.8 Å². The summed E-state index contributed by atoms with van der Waals surface area (Å²) in [4.78, 5) is 0. The molecule has 1 aromatic rings. The second-order valence-electron chi connectivity index (χ2n) is 9.46. The molecule has 1 fully saturated rings. The minimum atomic E-state index is -2.86. The van der Waals surface area contributed by atoms with Crippen LogP contribution in [0.5, 0.6) is 0 Å². The van der Waals surface area contributed by atoms with E-state index in [-0.39, 0.29) is 11.3 Å². The predicted octanol–water partition coefficient (Wildman–Crippen LogP) is 4.22. The fourth-order valence-electron chi connectivity index (χ4n) is 3.57. The number of aryl methyl sites for hydroxylation is 1. The van der Waals surface area contributed by atoms with Crippen molar-refractivity contribution < 1.29 is 13.8 Å². The van der Waals surface area contributed by atoms with Gasteiger partial charge >= 0.3 is 0 Å². The molecule has 3 heterocycles. The van der Waals surface area contributed by atoms with Crippen LogP contribution in [0, 0.1) is 5.92 Å². The summed E-state index contributed by atoms with van der Waals surface area (Å²) in [5, 5.41) is 13.4. The predicted molar refractivity (Wildman–Crippen MR) is 116 cm³/mol. The maximum absolute atomic E-state index is 11.0. The average Bonchev–Trinajstić information content (AvgIpc) is 3.21. The van der Waals surface area contributed by atoms with Crippen molar-refractivity contribution in [2.45, 2.75) is 64.0 Å². The topological polar surface area (TPSA) is 92.2 Å². The first kappa shape index (κ1) is 21.5. The van der Waals surface area contributed by atoms with Gasteiger partial charge in [-0.2, -0.15) is 25.9 Å². The smallest absolute Gasteiger partial charge is 0.0940 e. The van der Waals surface area contributed by atoms with Crippen LogP contribution in [-0.2, 0) is 17.2 Å². The van der Waals surface area contributed by atoms with Gasteiger partial charge in [0.1, 0.15) is 0 Å². The Morgan fingerprint density at radius 2 is 1.79 bits per heavy atom. The molecule has 8 heteroatoms. The van der Waals surface area contributed by atoms with E-state index in [1.165, 1.54) is 0 Å². The normalized spacial score (nSPS) is 20.3. The Kier molecular flexibility index (Phi) is 5.80. The standard InChI is InChI=1S/C20H34N4O3S/c1-19(2,3)17-12-16(24(6)23-17)15-11-18(22-21-15)20(4,5)28(25,26)13-14-7-9-27-10-8-14/h12,14,25-26H,7-11,13H2,1-6H3. The molecule has 0 saturated carbocycles. The summed E-state index contributed by atoms with van der Waals surface area (Å²) in [7, 11) is -0.947. The molecule has 0 aliphatic carbocycles. The number of ether oxygens (including phenoxy) is 1. The summed E-state index contributed by atoms with van der Waals surface area (Å²) in [5.74, 6) is 0.684. The number of hydrogen-bond donors (Lipinski definition) is 2. The summed E-state index contributed by atoms with van der Waals surface area (Å²) in [6, 6.07) is 2.06. The zero-order valence-corrected chi connectivity index (χ0v) is 18.7. The molecule has 0 unspecified atom stereocenters. The van der Waals surface area contributed by atoms with Crippen molar-refractivity contribution in [1.29, 1.82) is 0 Å². The lowest BCUT2D eigenvalue weighted by atomic mass is 9.92. The molecule has 0 atom stereocenters. The van der Waals surface area contributed by atoms with Crippen molar-refractivity contribution in [2.24, 2.45) is 23.2 Å². The first-order valence-electron chi connectivity index (χ1n) is 9.94. The van der Waals surface area contributed by atoms with E-state index in [1.807, 2.05) is 25.6 Å². The highest BCUT2D eigenvalue weighted by molar-refractivity contribution is 8.26. The van der Waals surface area contributed by atoms with Crippen molar-refractivity contribution >= 4 is 22.0 Å². The van der Waals surface area contributed by atoms with Crippen LogP contribution in [0.4, 0.5) is 0 Å². The fraction of sp³-hybridized carbons (Fsp3) is 0.750. The molecular formula is C20H34N4O3S. The van der Waals surface area contributed by atoms with Gasteiger partial charge in [0.15, 0.2) is 0 Å². The van der Waals surface area contributed by atoms with Gasteiger partial charge < -0.3 is 4.74 Å². The third kappa shape index (κ3) is 4.20. The van der Waals surface area contributed by atoms with Gasteiger partial charge in [-0.25, -0.2) is 0 Å². The van der Waals surface area contributed by atoms with Crippen molar-refractivity contribution in [1.82, 2.24) is 9.78 Å². The Labute approximate surface area is 169 Å². The Hall–Kier alpha value is -1.22. The molecule has 1 saturated heterocycles. The van der Waals surface area contributed by atoms with Crippen molar-refractivity contribution in [2.75, 3.05) is 19.0 Å². The molecule has 2 aliphatic heterocycles. The van der Waals surface area contributed by atoms with Crippen molar-refractivity contribution in [3.63, 3.8) is 0 Å². The molecule has 0 spiro atoms. The molecule has 0 aromatic carbocycles. The van der Waals surface area contributed by atoms with E-state index in [0.29, 0.717) is 25.4 Å². The van der Waals surface area contributed by atoms with Gasteiger partial charge in [-0.3, -0.25) is 13.8 Å². The van der Waals surface area contributed by atoms with Gasteiger partial charge in [-0.15, -0.1) is 0 Å². The summed E-state index contributed by atoms with van der Waals surface area (Å²) < 4.78 is 28.5. The highest BCUT2D eigenvalue weighted by Crippen LogP contribution is 2.55. The molecule has 28 heavy (non-hydrogen) atoms. The van der Waals surface area contributed by atoms with Crippen LogP contribution >= 0.6 is 10.6 Å². The van der Waals surface area contributed by atoms with Crippen molar-refractivity contribution in [3.8, 4) is 0 Å². The Balaban J connectivity index is 1.73. The lowest BCUT2D eigenvalue weighted by molar-refractivity contribution is 0.0718. The molecule has 1 aromatic heterocycles. The molecule has 0 amide bonds. The lowest BCUT2D eigenvalue weighted by Crippen LogP contribution is -2.40. The number of nitrogens with zero attached hydrogens (tertiary/aromatic N) is 4. The molecule has 158 valence electrons. The van der Waals surface area contributed by atoms with E-state index in [1.54, 1.807) is 0 Å². The largest absolute Gasteiger partial charge is 0.381 e. The minimum Gasteiger partial charge on any atom is -0.381 e. The molecule has 7 nitrogen and oxygen atoms in total. The number of aromatic nitrogens is 2. The number of rotatable bonds is 5. The summed E-state index contributed by atoms with van der Waals surface area (Å²) in [6.07, 6.45) is 2.27. The van der Waals surface area contributed by atoms with E-state index < -0.39 is 15.3 Å². The van der Waals surface area contributed by atoms with Crippen LogP contribution in [0.1, 0.15) is 65.3 Å². The second-order valence-corrected chi connectivity index (χ2v) is 12.1. The van der Waals surface area contributed by atoms with E-state index in [4.69, 9.17) is 4.74 Å². The molecule has 0 radical (unpaired) electrons. The van der Waals surface area contributed by atoms with E-state index in [2.05, 4.69) is 42.1 Å². The summed E-state index contributed by atoms with van der Waals surface area (Å²) in [5.41, 5.74) is 3.45. The molecule has 3 rings (SSSR count). The van der Waals surface area contributed by atoms with Gasteiger partial charge in [0.05, 0.1) is 27.6 Å². The Morgan fingerprint density at radius 3 is 2.36 bits per heavy atom. The second kappa shape index (κ2) is 7.55. The SMILES string of the molecule is Cn1nc(C(C)(C)C)cc1C1=NN=C(C(C)(C)S(O)(O)CC2CCOCC2)C1. The zero-order valence-electron chi connectivity index (χ0n) is 17.9. The van der Waals surface area contributed by atoms with Crippen LogP contribution in [0.25, 0.3) is 0 Å². The molecule has 2 N–H and O–H groups in total. The van der Waals surface area contributed by atoms with Crippen LogP contribution < -0.4 is 0 Å². The average molecular weight is 411 g/mol. The summed E-state index contributed by atoms with van der Waals surface area (Å²) >= 11 is 0. The quantitative estimate of drug-likeness (QED) is 0.760. The van der Waals surface area contributed by atoms with Crippen LogP contribution in [0.2, 0.25) is 0 Å². The van der Waals surface area contributed by atoms with Crippen LogP contribution in [0.15, 0.2) is 16.3 Å². The van der Waals surface area contributed by atoms with E-state index in [9.17, 15) is 9.11 Å². The van der Waals surface area contributed by atoms with Crippen LogP contribution in [-0.4, -0.2) is 54.0 Å². The maximum Gasteiger partial charge on any atom is 0.0940 e. The molecular weight excluding hydrogens is 376 g/mol. The lowest BCUT2D eigenvalue weighted by Gasteiger charge is -2.48. The van der Waals surface area contributed by atoms with Crippen LogP contribution in [0.3, 0.4) is 0 Å². The minimum absolute atomic E-state index is 0.0443. The van der Waals surface area contributed by atoms with Gasteiger partial charge in [-0.05, 0) is 38.7 Å². The highest BCUT2D eigenvalue weighted by atomic mass is 32.3. The van der Waals surface area contributed by atoms with Crippen molar-refractivity contribution in [3.05, 3.63) is 17.5 Å². The van der Waals surface area contributed by atoms with Gasteiger partial charge in [0.2, 0.25) is 0 Å². The Bertz CT molecular complexity index is 784. The Morgan fingerprint density at radius 1 is 1.14 bits per heavy atom. The molecule has 2 aliphatic rings. The fourth-order valence-corrected chi connectivity index (χ4v) is 5.47. The third-order valence-corrected chi connectivity index (χ3v) is 8.70. The zero-order chi connectivity index (χ0) is 20.7. The van der Waals surface area contributed by atoms with Gasteiger partial charge in [0, 0.05) is 37.9 Å². The van der Waals surface area contributed by atoms with Gasteiger partial charge in [0.25, 0.3) is 0 Å². The first-order chi connectivity index (χ1) is 12.9. The van der Waals surface area contributed by atoms with E-state index >= 15 is 0 Å². The highest BCUT2D eigenvalue weighted by Gasteiger charge is 2.42. The first-order valence-corrected chi connectivity index (χ1v) is 11.7. The molecule has 0 bridgehead atoms. The van der Waals surface area contributed by atoms with E-state index in [0.717, 1.165) is 35.7 Å². The monoisotopic (exact) mass is 410 g/mol. The summed E-state index contributed by atoms with van der Waals surface area (Å²) in [6.45, 7) is 11.5. The maximum atomic E-state index is 11.0.